The zero-order valence-electron chi connectivity index (χ0n) is 8.17. The van der Waals surface area contributed by atoms with Gasteiger partial charge in [0.05, 0.1) is 5.69 Å². The summed E-state index contributed by atoms with van der Waals surface area (Å²) in [5.41, 5.74) is 1.61. The highest BCUT2D eigenvalue weighted by molar-refractivity contribution is 7.08. The third-order valence-corrected chi connectivity index (χ3v) is 2.86. The Hall–Kier alpha value is -1.62. The topological polar surface area (TPSA) is 55.7 Å². The summed E-state index contributed by atoms with van der Waals surface area (Å²) in [7, 11) is 0. The number of rotatable bonds is 3. The zero-order chi connectivity index (χ0) is 10.7. The first kappa shape index (κ1) is 9.92. The Morgan fingerprint density at radius 3 is 3.00 bits per heavy atom. The van der Waals surface area contributed by atoms with Gasteiger partial charge in [-0.25, -0.2) is 0 Å². The average molecular weight is 219 g/mol. The van der Waals surface area contributed by atoms with E-state index in [2.05, 4.69) is 14.6 Å². The number of hydrogen-bond acceptors (Lipinski definition) is 5. The van der Waals surface area contributed by atoms with Gasteiger partial charge in [0.15, 0.2) is 5.78 Å². The van der Waals surface area contributed by atoms with Gasteiger partial charge in [0.2, 0.25) is 0 Å². The standard InChI is InChI=1S/C10H9N3OS/c1-7-10(15-13-12-7)9(14)5-8-3-2-4-11-6-8/h2-4,6H,5H2,1H3. The summed E-state index contributed by atoms with van der Waals surface area (Å²) in [6.07, 6.45) is 3.74. The van der Waals surface area contributed by atoms with Crippen LogP contribution in [0.4, 0.5) is 0 Å². The molecule has 0 amide bonds. The molecule has 2 aromatic heterocycles. The van der Waals surface area contributed by atoms with Crippen LogP contribution in [-0.2, 0) is 6.42 Å². The van der Waals surface area contributed by atoms with Crippen molar-refractivity contribution in [2.75, 3.05) is 0 Å². The van der Waals surface area contributed by atoms with E-state index < -0.39 is 0 Å². The second kappa shape index (κ2) is 4.27. The molecule has 2 heterocycles. The number of Topliss-reactive ketones (excluding diaryl/α,β-unsaturated/α-hetero) is 1. The van der Waals surface area contributed by atoms with Crippen LogP contribution in [0.3, 0.4) is 0 Å². The Bertz CT molecular complexity index is 467. The Morgan fingerprint density at radius 1 is 1.53 bits per heavy atom. The molecule has 0 fully saturated rings. The molecule has 0 N–H and O–H groups in total. The molecule has 2 aromatic rings. The van der Waals surface area contributed by atoms with Crippen LogP contribution >= 0.6 is 11.5 Å². The van der Waals surface area contributed by atoms with Crippen molar-refractivity contribution in [3.05, 3.63) is 40.7 Å². The summed E-state index contributed by atoms with van der Waals surface area (Å²) < 4.78 is 3.74. The number of pyridine rings is 1. The van der Waals surface area contributed by atoms with Crippen LogP contribution in [0.15, 0.2) is 24.5 Å². The fourth-order valence-electron chi connectivity index (χ4n) is 1.25. The van der Waals surface area contributed by atoms with Crippen molar-refractivity contribution in [2.45, 2.75) is 13.3 Å². The van der Waals surface area contributed by atoms with Gasteiger partial charge in [-0.3, -0.25) is 9.78 Å². The van der Waals surface area contributed by atoms with Gasteiger partial charge in [-0.1, -0.05) is 10.6 Å². The van der Waals surface area contributed by atoms with E-state index in [4.69, 9.17) is 0 Å². The van der Waals surface area contributed by atoms with Crippen LogP contribution in [0.1, 0.15) is 20.9 Å². The van der Waals surface area contributed by atoms with Crippen LogP contribution in [0.25, 0.3) is 0 Å². The molecule has 15 heavy (non-hydrogen) atoms. The molecular formula is C10H9N3OS. The normalized spacial score (nSPS) is 10.2. The van der Waals surface area contributed by atoms with Gasteiger partial charge < -0.3 is 0 Å². The Morgan fingerprint density at radius 2 is 2.40 bits per heavy atom. The minimum Gasteiger partial charge on any atom is -0.293 e. The first-order valence-electron chi connectivity index (χ1n) is 4.48. The molecule has 4 nitrogen and oxygen atoms in total. The van der Waals surface area contributed by atoms with Crippen molar-refractivity contribution < 1.29 is 4.79 Å². The Labute approximate surface area is 91.2 Å². The highest BCUT2D eigenvalue weighted by Gasteiger charge is 2.13. The van der Waals surface area contributed by atoms with Gasteiger partial charge in [-0.2, -0.15) is 0 Å². The van der Waals surface area contributed by atoms with Gasteiger partial charge >= 0.3 is 0 Å². The predicted molar refractivity (Wildman–Crippen MR) is 56.9 cm³/mol. The smallest absolute Gasteiger partial charge is 0.180 e. The molecule has 0 saturated heterocycles. The van der Waals surface area contributed by atoms with Crippen molar-refractivity contribution in [3.8, 4) is 0 Å². The highest BCUT2D eigenvalue weighted by Crippen LogP contribution is 2.12. The van der Waals surface area contributed by atoms with Crippen LogP contribution < -0.4 is 0 Å². The van der Waals surface area contributed by atoms with Gasteiger partial charge in [0, 0.05) is 18.8 Å². The van der Waals surface area contributed by atoms with E-state index in [0.717, 1.165) is 17.1 Å². The molecule has 0 spiro atoms. The van der Waals surface area contributed by atoms with Crippen molar-refractivity contribution in [1.29, 1.82) is 0 Å². The molecule has 0 aliphatic heterocycles. The van der Waals surface area contributed by atoms with Crippen LogP contribution in [0, 0.1) is 6.92 Å². The number of carbonyl (C=O) groups is 1. The van der Waals surface area contributed by atoms with E-state index in [-0.39, 0.29) is 5.78 Å². The van der Waals surface area contributed by atoms with E-state index in [1.807, 2.05) is 12.1 Å². The van der Waals surface area contributed by atoms with Crippen LogP contribution in [-0.4, -0.2) is 20.4 Å². The fourth-order valence-corrected chi connectivity index (χ4v) is 1.85. The molecule has 0 bridgehead atoms. The van der Waals surface area contributed by atoms with Gasteiger partial charge in [0.1, 0.15) is 4.88 Å². The summed E-state index contributed by atoms with van der Waals surface area (Å²) in [5.74, 6) is 0.0514. The van der Waals surface area contributed by atoms with Crippen molar-refractivity contribution in [2.24, 2.45) is 0 Å². The van der Waals surface area contributed by atoms with E-state index in [1.54, 1.807) is 19.3 Å². The van der Waals surface area contributed by atoms with E-state index in [0.29, 0.717) is 17.0 Å². The Kier molecular flexibility index (Phi) is 2.82. The number of aromatic nitrogens is 3. The molecule has 0 atom stereocenters. The molecular weight excluding hydrogens is 210 g/mol. The molecule has 0 aliphatic carbocycles. The lowest BCUT2D eigenvalue weighted by Gasteiger charge is -1.97. The fraction of sp³-hybridized carbons (Fsp3) is 0.200. The molecule has 5 heteroatoms. The molecule has 2 rings (SSSR count). The molecule has 0 radical (unpaired) electrons. The molecule has 0 aromatic carbocycles. The average Bonchev–Trinajstić information content (AvgIpc) is 2.66. The summed E-state index contributed by atoms with van der Waals surface area (Å²) >= 11 is 1.15. The van der Waals surface area contributed by atoms with Crippen LogP contribution in [0.2, 0.25) is 0 Å². The predicted octanol–water partition coefficient (Wildman–Crippen LogP) is 1.67. The summed E-state index contributed by atoms with van der Waals surface area (Å²) in [4.78, 5) is 16.4. The maximum absolute atomic E-state index is 11.8. The van der Waals surface area contributed by atoms with Crippen molar-refractivity contribution in [3.63, 3.8) is 0 Å². The third kappa shape index (κ3) is 2.24. The van der Waals surface area contributed by atoms with Gasteiger partial charge in [-0.05, 0) is 30.1 Å². The van der Waals surface area contributed by atoms with E-state index >= 15 is 0 Å². The lowest BCUT2D eigenvalue weighted by atomic mass is 10.1. The summed E-state index contributed by atoms with van der Waals surface area (Å²) in [5, 5.41) is 3.81. The number of nitrogens with zero attached hydrogens (tertiary/aromatic N) is 3. The quantitative estimate of drug-likeness (QED) is 0.737. The van der Waals surface area contributed by atoms with Crippen molar-refractivity contribution >= 4 is 17.3 Å². The third-order valence-electron chi connectivity index (χ3n) is 1.99. The minimum atomic E-state index is 0.0514. The number of carbonyl (C=O) groups excluding carboxylic acids is 1. The SMILES string of the molecule is Cc1nnsc1C(=O)Cc1cccnc1. The largest absolute Gasteiger partial charge is 0.293 e. The second-order valence-corrected chi connectivity index (χ2v) is 3.90. The van der Waals surface area contributed by atoms with E-state index in [1.165, 1.54) is 0 Å². The first-order chi connectivity index (χ1) is 7.27. The summed E-state index contributed by atoms with van der Waals surface area (Å²) in [6.45, 7) is 1.79. The monoisotopic (exact) mass is 219 g/mol. The highest BCUT2D eigenvalue weighted by atomic mass is 32.1. The molecule has 0 unspecified atom stereocenters. The van der Waals surface area contributed by atoms with Crippen molar-refractivity contribution in [1.82, 2.24) is 14.6 Å². The maximum Gasteiger partial charge on any atom is 0.180 e. The van der Waals surface area contributed by atoms with Gasteiger partial charge in [-0.15, -0.1) is 5.10 Å². The molecule has 76 valence electrons. The lowest BCUT2D eigenvalue weighted by Crippen LogP contribution is -2.03. The minimum absolute atomic E-state index is 0.0514. The number of hydrogen-bond donors (Lipinski definition) is 0. The lowest BCUT2D eigenvalue weighted by molar-refractivity contribution is 0.0996. The first-order valence-corrected chi connectivity index (χ1v) is 5.26. The van der Waals surface area contributed by atoms with Crippen LogP contribution in [0.5, 0.6) is 0 Å². The zero-order valence-corrected chi connectivity index (χ0v) is 8.99. The maximum atomic E-state index is 11.8. The van der Waals surface area contributed by atoms with E-state index in [9.17, 15) is 4.79 Å². The second-order valence-electron chi connectivity index (χ2n) is 3.15. The molecule has 0 aliphatic rings. The van der Waals surface area contributed by atoms with Gasteiger partial charge in [0.25, 0.3) is 0 Å². The molecule has 0 saturated carbocycles. The summed E-state index contributed by atoms with van der Waals surface area (Å²) in [6, 6.07) is 3.70. The Balaban J connectivity index is 2.15. The number of ketones is 1. The number of aryl methyl sites for hydroxylation is 1.